The highest BCUT2D eigenvalue weighted by Gasteiger charge is 2.26. The number of aromatic nitrogens is 1. The number of hydrogen-bond donors (Lipinski definition) is 1. The molecule has 0 aliphatic heterocycles. The standard InChI is InChI=1S/C14H14ClNO2S/c1-14(2,7-9-5-3-4-6-10(9)15)13-16-11(8-19-13)12(17)18/h3-6,8H,7H2,1-2H3,(H,17,18). The SMILES string of the molecule is CC(C)(Cc1ccccc1Cl)c1nc(C(=O)O)cs1. The normalized spacial score (nSPS) is 11.5. The molecule has 0 saturated heterocycles. The Morgan fingerprint density at radius 3 is 2.68 bits per heavy atom. The van der Waals surface area contributed by atoms with Gasteiger partial charge in [0.2, 0.25) is 0 Å². The summed E-state index contributed by atoms with van der Waals surface area (Å²) in [5.41, 5.74) is 0.900. The highest BCUT2D eigenvalue weighted by Crippen LogP contribution is 2.32. The molecule has 0 atom stereocenters. The summed E-state index contributed by atoms with van der Waals surface area (Å²) in [6.45, 7) is 4.08. The first-order valence-electron chi connectivity index (χ1n) is 5.83. The van der Waals surface area contributed by atoms with E-state index in [1.807, 2.05) is 38.1 Å². The van der Waals surface area contributed by atoms with Crippen LogP contribution in [-0.4, -0.2) is 16.1 Å². The van der Waals surface area contributed by atoms with Crippen LogP contribution in [0.15, 0.2) is 29.6 Å². The number of halogens is 1. The van der Waals surface area contributed by atoms with Gasteiger partial charge in [-0.1, -0.05) is 43.6 Å². The van der Waals surface area contributed by atoms with Gasteiger partial charge in [0.25, 0.3) is 0 Å². The fraction of sp³-hybridized carbons (Fsp3) is 0.286. The first-order chi connectivity index (χ1) is 8.90. The molecule has 0 spiro atoms. The van der Waals surface area contributed by atoms with E-state index < -0.39 is 5.97 Å². The third-order valence-electron chi connectivity index (χ3n) is 2.89. The van der Waals surface area contributed by atoms with Crippen molar-refractivity contribution in [3.8, 4) is 0 Å². The van der Waals surface area contributed by atoms with Crippen LogP contribution in [0, 0.1) is 0 Å². The van der Waals surface area contributed by atoms with Crippen molar-refractivity contribution >= 4 is 28.9 Å². The Kier molecular flexibility index (Phi) is 3.92. The molecule has 3 nitrogen and oxygen atoms in total. The highest BCUT2D eigenvalue weighted by molar-refractivity contribution is 7.10. The Bertz CT molecular complexity index is 607. The molecular formula is C14H14ClNO2S. The molecule has 0 aliphatic rings. The Morgan fingerprint density at radius 2 is 2.11 bits per heavy atom. The smallest absolute Gasteiger partial charge is 0.355 e. The van der Waals surface area contributed by atoms with Crippen molar-refractivity contribution in [1.29, 1.82) is 0 Å². The first-order valence-corrected chi connectivity index (χ1v) is 7.08. The highest BCUT2D eigenvalue weighted by atomic mass is 35.5. The lowest BCUT2D eigenvalue weighted by atomic mass is 9.86. The molecule has 0 bridgehead atoms. The van der Waals surface area contributed by atoms with E-state index in [-0.39, 0.29) is 11.1 Å². The number of carboxylic acid groups (broad SMARTS) is 1. The van der Waals surface area contributed by atoms with Gasteiger partial charge in [0.1, 0.15) is 0 Å². The average Bonchev–Trinajstić information content (AvgIpc) is 2.82. The lowest BCUT2D eigenvalue weighted by Crippen LogP contribution is -2.20. The monoisotopic (exact) mass is 295 g/mol. The largest absolute Gasteiger partial charge is 0.476 e. The predicted octanol–water partition coefficient (Wildman–Crippen LogP) is 4.02. The van der Waals surface area contributed by atoms with Gasteiger partial charge >= 0.3 is 5.97 Å². The van der Waals surface area contributed by atoms with E-state index in [1.54, 1.807) is 5.38 Å². The Balaban J connectivity index is 2.26. The molecule has 0 aliphatic carbocycles. The molecule has 2 aromatic rings. The van der Waals surface area contributed by atoms with E-state index in [0.29, 0.717) is 0 Å². The number of benzene rings is 1. The van der Waals surface area contributed by atoms with Crippen molar-refractivity contribution in [2.45, 2.75) is 25.7 Å². The molecule has 1 aromatic carbocycles. The molecule has 5 heteroatoms. The minimum Gasteiger partial charge on any atom is -0.476 e. The number of rotatable bonds is 4. The van der Waals surface area contributed by atoms with Gasteiger partial charge in [0.05, 0.1) is 5.01 Å². The zero-order chi connectivity index (χ0) is 14.0. The van der Waals surface area contributed by atoms with Crippen LogP contribution in [0.25, 0.3) is 0 Å². The van der Waals surface area contributed by atoms with Crippen LogP contribution in [0.1, 0.15) is 34.9 Å². The lowest BCUT2D eigenvalue weighted by Gasteiger charge is -2.22. The first kappa shape index (κ1) is 14.0. The second kappa shape index (κ2) is 5.31. The Labute approximate surface area is 120 Å². The number of aromatic carboxylic acids is 1. The lowest BCUT2D eigenvalue weighted by molar-refractivity contribution is 0.0691. The second-order valence-electron chi connectivity index (χ2n) is 5.00. The van der Waals surface area contributed by atoms with Crippen LogP contribution in [0.5, 0.6) is 0 Å². The van der Waals surface area contributed by atoms with Crippen molar-refractivity contribution in [3.63, 3.8) is 0 Å². The van der Waals surface area contributed by atoms with E-state index in [4.69, 9.17) is 16.7 Å². The van der Waals surface area contributed by atoms with Gasteiger partial charge in [-0.2, -0.15) is 0 Å². The summed E-state index contributed by atoms with van der Waals surface area (Å²) >= 11 is 7.54. The van der Waals surface area contributed by atoms with Crippen LogP contribution in [0.4, 0.5) is 0 Å². The number of hydrogen-bond acceptors (Lipinski definition) is 3. The zero-order valence-electron chi connectivity index (χ0n) is 10.7. The average molecular weight is 296 g/mol. The van der Waals surface area contributed by atoms with Crippen LogP contribution in [-0.2, 0) is 11.8 Å². The number of nitrogens with zero attached hydrogens (tertiary/aromatic N) is 1. The van der Waals surface area contributed by atoms with Crippen molar-refractivity contribution in [1.82, 2.24) is 4.98 Å². The fourth-order valence-electron chi connectivity index (χ4n) is 1.88. The summed E-state index contributed by atoms with van der Waals surface area (Å²) in [5.74, 6) is -0.990. The summed E-state index contributed by atoms with van der Waals surface area (Å²) < 4.78 is 0. The maximum absolute atomic E-state index is 10.9. The molecule has 1 heterocycles. The summed E-state index contributed by atoms with van der Waals surface area (Å²) in [6, 6.07) is 7.68. The summed E-state index contributed by atoms with van der Waals surface area (Å²) in [4.78, 5) is 15.1. The maximum atomic E-state index is 10.9. The molecule has 0 fully saturated rings. The minimum absolute atomic E-state index is 0.104. The van der Waals surface area contributed by atoms with E-state index in [0.717, 1.165) is 22.0 Å². The molecule has 1 aromatic heterocycles. The maximum Gasteiger partial charge on any atom is 0.355 e. The van der Waals surface area contributed by atoms with E-state index >= 15 is 0 Å². The second-order valence-corrected chi connectivity index (χ2v) is 6.26. The van der Waals surface area contributed by atoms with Crippen LogP contribution in [0.2, 0.25) is 5.02 Å². The molecule has 0 unspecified atom stereocenters. The Hall–Kier alpha value is -1.39. The topological polar surface area (TPSA) is 50.2 Å². The molecule has 2 rings (SSSR count). The Morgan fingerprint density at radius 1 is 1.42 bits per heavy atom. The van der Waals surface area contributed by atoms with Gasteiger partial charge in [-0.3, -0.25) is 0 Å². The molecule has 0 saturated carbocycles. The van der Waals surface area contributed by atoms with Gasteiger partial charge in [0, 0.05) is 15.8 Å². The summed E-state index contributed by atoms with van der Waals surface area (Å²) in [7, 11) is 0. The van der Waals surface area contributed by atoms with E-state index in [2.05, 4.69) is 4.98 Å². The molecule has 19 heavy (non-hydrogen) atoms. The quantitative estimate of drug-likeness (QED) is 0.927. The van der Waals surface area contributed by atoms with Gasteiger partial charge in [-0.25, -0.2) is 9.78 Å². The van der Waals surface area contributed by atoms with Crippen molar-refractivity contribution < 1.29 is 9.90 Å². The molecule has 0 amide bonds. The zero-order valence-corrected chi connectivity index (χ0v) is 12.3. The number of carboxylic acids is 1. The van der Waals surface area contributed by atoms with Crippen LogP contribution < -0.4 is 0 Å². The number of carbonyl (C=O) groups is 1. The fourth-order valence-corrected chi connectivity index (χ4v) is 3.00. The van der Waals surface area contributed by atoms with E-state index in [1.165, 1.54) is 11.3 Å². The van der Waals surface area contributed by atoms with Gasteiger partial charge < -0.3 is 5.11 Å². The molecule has 100 valence electrons. The van der Waals surface area contributed by atoms with Crippen molar-refractivity contribution in [2.75, 3.05) is 0 Å². The molecule has 1 N–H and O–H groups in total. The third-order valence-corrected chi connectivity index (χ3v) is 4.47. The van der Waals surface area contributed by atoms with Crippen molar-refractivity contribution in [3.05, 3.63) is 50.9 Å². The molecule has 0 radical (unpaired) electrons. The minimum atomic E-state index is -0.990. The van der Waals surface area contributed by atoms with Crippen molar-refractivity contribution in [2.24, 2.45) is 0 Å². The number of thiazole rings is 1. The summed E-state index contributed by atoms with van der Waals surface area (Å²) in [6.07, 6.45) is 0.721. The van der Waals surface area contributed by atoms with Gasteiger partial charge in [-0.05, 0) is 18.1 Å². The van der Waals surface area contributed by atoms with Gasteiger partial charge in [-0.15, -0.1) is 11.3 Å². The summed E-state index contributed by atoms with van der Waals surface area (Å²) in [5, 5.41) is 12.0. The third kappa shape index (κ3) is 3.14. The van der Waals surface area contributed by atoms with Crippen LogP contribution >= 0.6 is 22.9 Å². The van der Waals surface area contributed by atoms with Crippen LogP contribution in [0.3, 0.4) is 0 Å². The van der Waals surface area contributed by atoms with E-state index in [9.17, 15) is 4.79 Å². The molecular weight excluding hydrogens is 282 g/mol. The predicted molar refractivity (Wildman–Crippen MR) is 77.3 cm³/mol. The van der Waals surface area contributed by atoms with Gasteiger partial charge in [0.15, 0.2) is 5.69 Å².